The van der Waals surface area contributed by atoms with E-state index in [1.54, 1.807) is 10.7 Å². The van der Waals surface area contributed by atoms with E-state index >= 15 is 0 Å². The number of aryl methyl sites for hydroxylation is 1. The van der Waals surface area contributed by atoms with Gasteiger partial charge < -0.3 is 19.8 Å². The molecule has 164 valence electrons. The first-order chi connectivity index (χ1) is 14.4. The Hall–Kier alpha value is -2.30. The predicted molar refractivity (Wildman–Crippen MR) is 112 cm³/mol. The van der Waals surface area contributed by atoms with Crippen LogP contribution in [0.25, 0.3) is 0 Å². The summed E-state index contributed by atoms with van der Waals surface area (Å²) in [5.41, 5.74) is 6.13. The molecule has 1 aromatic carbocycles. The van der Waals surface area contributed by atoms with E-state index in [2.05, 4.69) is 5.10 Å². The molecule has 0 saturated carbocycles. The lowest BCUT2D eigenvalue weighted by atomic mass is 10.2. The molecule has 1 saturated heterocycles. The summed E-state index contributed by atoms with van der Waals surface area (Å²) in [7, 11) is 3.35. The highest BCUT2D eigenvalue weighted by molar-refractivity contribution is 7.71. The van der Waals surface area contributed by atoms with Crippen molar-refractivity contribution in [3.63, 3.8) is 0 Å². The molecule has 2 aromatic rings. The fraction of sp³-hybridized carbons (Fsp3) is 0.550. The maximum absolute atomic E-state index is 14.0. The smallest absolute Gasteiger partial charge is 0.217 e. The van der Waals surface area contributed by atoms with Gasteiger partial charge in [-0.2, -0.15) is 5.10 Å². The lowest BCUT2D eigenvalue weighted by Crippen LogP contribution is -2.23. The van der Waals surface area contributed by atoms with Gasteiger partial charge in [-0.3, -0.25) is 9.69 Å². The number of amides is 1. The van der Waals surface area contributed by atoms with Gasteiger partial charge in [0.2, 0.25) is 5.91 Å². The van der Waals surface area contributed by atoms with Crippen LogP contribution in [0.3, 0.4) is 0 Å². The fourth-order valence-corrected chi connectivity index (χ4v) is 3.85. The summed E-state index contributed by atoms with van der Waals surface area (Å²) in [6, 6.07) is 4.90. The van der Waals surface area contributed by atoms with E-state index in [4.69, 9.17) is 27.4 Å². The normalized spacial score (nSPS) is 16.3. The van der Waals surface area contributed by atoms with Crippen molar-refractivity contribution in [3.8, 4) is 5.75 Å². The molecule has 1 fully saturated rings. The van der Waals surface area contributed by atoms with E-state index < -0.39 is 5.82 Å². The van der Waals surface area contributed by atoms with E-state index in [0.29, 0.717) is 31.0 Å². The Morgan fingerprint density at radius 3 is 2.93 bits per heavy atom. The molecule has 2 heterocycles. The number of carbonyl (C=O) groups excluding carboxylic acids is 1. The van der Waals surface area contributed by atoms with Crippen molar-refractivity contribution in [1.82, 2.24) is 19.2 Å². The topological polar surface area (TPSA) is 87.5 Å². The number of primary amides is 1. The predicted octanol–water partition coefficient (Wildman–Crippen LogP) is 2.25. The van der Waals surface area contributed by atoms with Crippen LogP contribution >= 0.6 is 12.2 Å². The van der Waals surface area contributed by atoms with Crippen molar-refractivity contribution >= 4 is 18.1 Å². The number of rotatable bonds is 10. The number of ether oxygens (including phenoxy) is 2. The van der Waals surface area contributed by atoms with Gasteiger partial charge in [0.15, 0.2) is 16.3 Å². The SMILES string of the molecule is COc1ccc(CN(C)Cn2nc(CCC(N)=O)n(C[C@H]3CCCO3)c2=S)cc1F. The Balaban J connectivity index is 1.74. The monoisotopic (exact) mass is 437 g/mol. The molecule has 0 unspecified atom stereocenters. The summed E-state index contributed by atoms with van der Waals surface area (Å²) in [4.78, 5) is 13.2. The zero-order valence-corrected chi connectivity index (χ0v) is 18.2. The summed E-state index contributed by atoms with van der Waals surface area (Å²) < 4.78 is 28.9. The first-order valence-corrected chi connectivity index (χ1v) is 10.4. The molecule has 0 spiro atoms. The van der Waals surface area contributed by atoms with Crippen LogP contribution in [0.5, 0.6) is 5.75 Å². The van der Waals surface area contributed by atoms with Crippen LogP contribution in [0.2, 0.25) is 0 Å². The second-order valence-corrected chi connectivity index (χ2v) is 7.90. The summed E-state index contributed by atoms with van der Waals surface area (Å²) in [5, 5.41) is 4.63. The first kappa shape index (κ1) is 22.4. The third kappa shape index (κ3) is 5.65. The highest BCUT2D eigenvalue weighted by Crippen LogP contribution is 2.19. The number of carbonyl (C=O) groups is 1. The highest BCUT2D eigenvalue weighted by Gasteiger charge is 2.20. The van der Waals surface area contributed by atoms with Crippen molar-refractivity contribution in [2.24, 2.45) is 5.73 Å². The van der Waals surface area contributed by atoms with Gasteiger partial charge in [-0.1, -0.05) is 6.07 Å². The molecule has 0 bridgehead atoms. The molecule has 1 amide bonds. The Kier molecular flexibility index (Phi) is 7.57. The molecule has 8 nitrogen and oxygen atoms in total. The zero-order chi connectivity index (χ0) is 21.7. The molecule has 30 heavy (non-hydrogen) atoms. The summed E-state index contributed by atoms with van der Waals surface area (Å²) in [5.74, 6) is 0.168. The molecule has 0 radical (unpaired) electrons. The maximum atomic E-state index is 14.0. The van der Waals surface area contributed by atoms with Crippen molar-refractivity contribution in [2.75, 3.05) is 20.8 Å². The minimum Gasteiger partial charge on any atom is -0.494 e. The number of benzene rings is 1. The van der Waals surface area contributed by atoms with Crippen molar-refractivity contribution in [3.05, 3.63) is 40.2 Å². The Morgan fingerprint density at radius 1 is 1.50 bits per heavy atom. The average Bonchev–Trinajstić information content (AvgIpc) is 3.30. The maximum Gasteiger partial charge on any atom is 0.217 e. The van der Waals surface area contributed by atoms with Gasteiger partial charge in [0.05, 0.1) is 26.4 Å². The average molecular weight is 438 g/mol. The second-order valence-electron chi connectivity index (χ2n) is 7.53. The number of hydrogen-bond acceptors (Lipinski definition) is 6. The molecule has 3 rings (SSSR count). The van der Waals surface area contributed by atoms with Crippen molar-refractivity contribution < 1.29 is 18.7 Å². The van der Waals surface area contributed by atoms with Crippen LogP contribution in [0.1, 0.15) is 30.7 Å². The van der Waals surface area contributed by atoms with Crippen LogP contribution in [0.15, 0.2) is 18.2 Å². The zero-order valence-electron chi connectivity index (χ0n) is 17.3. The summed E-state index contributed by atoms with van der Waals surface area (Å²) in [6.07, 6.45) is 2.74. The van der Waals surface area contributed by atoms with Gasteiger partial charge in [0.1, 0.15) is 5.82 Å². The third-order valence-electron chi connectivity index (χ3n) is 5.05. The minimum absolute atomic E-state index is 0.0988. The van der Waals surface area contributed by atoms with E-state index in [1.165, 1.54) is 13.2 Å². The minimum atomic E-state index is -0.394. The van der Waals surface area contributed by atoms with Gasteiger partial charge in [-0.25, -0.2) is 9.07 Å². The van der Waals surface area contributed by atoms with E-state index in [1.807, 2.05) is 22.6 Å². The summed E-state index contributed by atoms with van der Waals surface area (Å²) >= 11 is 5.65. The second kappa shape index (κ2) is 10.1. The number of methoxy groups -OCH3 is 1. The molecular formula is C20H28FN5O3S. The number of hydrogen-bond donors (Lipinski definition) is 1. The van der Waals surface area contributed by atoms with Gasteiger partial charge in [-0.05, 0) is 49.8 Å². The number of nitrogens with zero attached hydrogens (tertiary/aromatic N) is 4. The lowest BCUT2D eigenvalue weighted by Gasteiger charge is -2.17. The van der Waals surface area contributed by atoms with E-state index in [9.17, 15) is 9.18 Å². The van der Waals surface area contributed by atoms with Crippen molar-refractivity contribution in [1.29, 1.82) is 0 Å². The van der Waals surface area contributed by atoms with Crippen molar-refractivity contribution in [2.45, 2.75) is 51.5 Å². The van der Waals surface area contributed by atoms with Gasteiger partial charge >= 0.3 is 0 Å². The Labute approximate surface area is 180 Å². The quantitative estimate of drug-likeness (QED) is 0.574. The molecule has 1 aliphatic rings. The Morgan fingerprint density at radius 2 is 2.30 bits per heavy atom. The molecule has 1 aromatic heterocycles. The molecule has 2 N–H and O–H groups in total. The molecule has 10 heteroatoms. The van der Waals surface area contributed by atoms with Gasteiger partial charge in [0.25, 0.3) is 0 Å². The van der Waals surface area contributed by atoms with Crippen LogP contribution in [-0.2, 0) is 35.7 Å². The molecular weight excluding hydrogens is 409 g/mol. The number of nitrogens with two attached hydrogens (primary N) is 1. The third-order valence-corrected chi connectivity index (χ3v) is 5.48. The van der Waals surface area contributed by atoms with Crippen LogP contribution < -0.4 is 10.5 Å². The Bertz CT molecular complexity index is 939. The number of halogens is 1. The molecule has 1 aliphatic heterocycles. The number of aromatic nitrogens is 3. The van der Waals surface area contributed by atoms with Gasteiger partial charge in [0, 0.05) is 26.0 Å². The van der Waals surface area contributed by atoms with Gasteiger partial charge in [-0.15, -0.1) is 0 Å². The fourth-order valence-electron chi connectivity index (χ4n) is 3.57. The first-order valence-electron chi connectivity index (χ1n) is 9.94. The van der Waals surface area contributed by atoms with E-state index in [0.717, 1.165) is 30.8 Å². The lowest BCUT2D eigenvalue weighted by molar-refractivity contribution is -0.118. The molecule has 1 atom stereocenters. The standard InChI is InChI=1S/C20H28FN5O3S/c1-24(11-14-5-6-17(28-2)16(21)10-14)13-26-20(30)25(12-15-4-3-9-29-15)19(23-26)8-7-18(22)27/h5-6,10,15H,3-4,7-9,11-13H2,1-2H3,(H2,22,27)/t15-/m1/s1. The molecule has 0 aliphatic carbocycles. The van der Waals surface area contributed by atoms with Crippen LogP contribution in [0, 0.1) is 10.6 Å². The van der Waals surface area contributed by atoms with Crippen LogP contribution in [-0.4, -0.2) is 52.0 Å². The highest BCUT2D eigenvalue weighted by atomic mass is 32.1. The summed E-state index contributed by atoms with van der Waals surface area (Å²) in [6.45, 7) is 2.30. The largest absolute Gasteiger partial charge is 0.494 e. The van der Waals surface area contributed by atoms with Crippen LogP contribution in [0.4, 0.5) is 4.39 Å². The van der Waals surface area contributed by atoms with E-state index in [-0.39, 0.29) is 24.2 Å².